The summed E-state index contributed by atoms with van der Waals surface area (Å²) in [5, 5.41) is 2.64. The Morgan fingerprint density at radius 3 is 3.30 bits per heavy atom. The number of aryl methyl sites for hydroxylation is 1. The Morgan fingerprint density at radius 2 is 2.50 bits per heavy atom. The van der Waals surface area contributed by atoms with E-state index in [1.54, 1.807) is 0 Å². The molecule has 1 aromatic carbocycles. The molecule has 0 saturated carbocycles. The minimum atomic E-state index is 1.13. The highest BCUT2D eigenvalue weighted by molar-refractivity contribution is 5.53. The molecule has 0 heteroatoms. The molecule has 0 amide bonds. The van der Waals surface area contributed by atoms with Crippen molar-refractivity contribution in [1.29, 1.82) is 0 Å². The van der Waals surface area contributed by atoms with Crippen LogP contribution in [0.5, 0.6) is 0 Å². The molecule has 0 spiro atoms. The Kier molecular flexibility index (Phi) is 1.09. The standard InChI is InChI=1S/C10H9/c1-2-8-6-7-9-4-3-5-10(8)9/h3,5-7H,2H2,1H3/q-1. The van der Waals surface area contributed by atoms with Crippen LogP contribution < -0.4 is 10.4 Å². The lowest BCUT2D eigenvalue weighted by Crippen LogP contribution is -2.18. The fourth-order valence-corrected chi connectivity index (χ4v) is 1.38. The van der Waals surface area contributed by atoms with E-state index in [4.69, 9.17) is 0 Å². The molecule has 1 aromatic rings. The minimum Gasteiger partial charge on any atom is -0.236 e. The van der Waals surface area contributed by atoms with Gasteiger partial charge in [-0.2, -0.15) is 5.56 Å². The van der Waals surface area contributed by atoms with E-state index in [2.05, 4.69) is 30.9 Å². The molecular formula is C10H9-. The first-order valence-electron chi connectivity index (χ1n) is 3.63. The zero-order chi connectivity index (χ0) is 6.97. The number of hydrogen-bond acceptors (Lipinski definition) is 0. The van der Waals surface area contributed by atoms with E-state index in [0.29, 0.717) is 0 Å². The van der Waals surface area contributed by atoms with Crippen molar-refractivity contribution in [2.45, 2.75) is 13.3 Å². The Bertz CT molecular complexity index is 384. The predicted octanol–water partition coefficient (Wildman–Crippen LogP) is 0.698. The van der Waals surface area contributed by atoms with Gasteiger partial charge >= 0.3 is 0 Å². The van der Waals surface area contributed by atoms with Crippen molar-refractivity contribution in [3.8, 4) is 0 Å². The molecule has 1 aliphatic rings. The molecule has 0 aromatic heterocycles. The highest BCUT2D eigenvalue weighted by Gasteiger charge is 1.86. The number of rotatable bonds is 1. The van der Waals surface area contributed by atoms with E-state index in [0.717, 1.165) is 6.42 Å². The highest BCUT2D eigenvalue weighted by atomic mass is 14.0. The maximum atomic E-state index is 3.17. The molecule has 0 saturated heterocycles. The summed E-state index contributed by atoms with van der Waals surface area (Å²) in [6, 6.07) is 4.31. The van der Waals surface area contributed by atoms with Gasteiger partial charge in [0.15, 0.2) is 0 Å². The second-order valence-corrected chi connectivity index (χ2v) is 2.52. The van der Waals surface area contributed by atoms with Crippen LogP contribution in [0, 0.1) is 0 Å². The van der Waals surface area contributed by atoms with Gasteiger partial charge in [0.25, 0.3) is 0 Å². The number of allylic oxidation sites excluding steroid dienone is 1. The second kappa shape index (κ2) is 1.93. The van der Waals surface area contributed by atoms with Crippen molar-refractivity contribution in [3.63, 3.8) is 0 Å². The molecule has 0 heterocycles. The van der Waals surface area contributed by atoms with E-state index in [-0.39, 0.29) is 0 Å². The van der Waals surface area contributed by atoms with Crippen molar-refractivity contribution in [1.82, 2.24) is 0 Å². The minimum absolute atomic E-state index is 1.13. The average molecular weight is 129 g/mol. The lowest BCUT2D eigenvalue weighted by molar-refractivity contribution is 1.14. The Morgan fingerprint density at radius 1 is 1.60 bits per heavy atom. The third-order valence-corrected chi connectivity index (χ3v) is 1.96. The second-order valence-electron chi connectivity index (χ2n) is 2.52. The molecule has 2 rings (SSSR count). The van der Waals surface area contributed by atoms with Crippen molar-refractivity contribution < 1.29 is 0 Å². The molecule has 0 bridgehead atoms. The van der Waals surface area contributed by atoms with Crippen LogP contribution in [0.25, 0.3) is 11.8 Å². The van der Waals surface area contributed by atoms with Crippen molar-refractivity contribution in [3.05, 3.63) is 34.2 Å². The van der Waals surface area contributed by atoms with Gasteiger partial charge < -0.3 is 0 Å². The summed E-state index contributed by atoms with van der Waals surface area (Å²) in [4.78, 5) is 0. The lowest BCUT2D eigenvalue weighted by Gasteiger charge is -1.93. The molecule has 0 atom stereocenters. The SMILES string of the molecule is CCc1c[cH-]c2c1=CC=C=2. The van der Waals surface area contributed by atoms with E-state index >= 15 is 0 Å². The van der Waals surface area contributed by atoms with Crippen LogP contribution in [-0.2, 0) is 6.42 Å². The molecule has 0 radical (unpaired) electrons. The van der Waals surface area contributed by atoms with Crippen molar-refractivity contribution in [2.75, 3.05) is 0 Å². The van der Waals surface area contributed by atoms with Gasteiger partial charge in [-0.3, -0.25) is 0 Å². The van der Waals surface area contributed by atoms with Crippen LogP contribution >= 0.6 is 0 Å². The number of fused-ring (bicyclic) bond motifs is 1. The normalized spacial score (nSPS) is 12.5. The topological polar surface area (TPSA) is 0 Å². The van der Waals surface area contributed by atoms with Gasteiger partial charge in [0, 0.05) is 0 Å². The average Bonchev–Trinajstić information content (AvgIpc) is 2.44. The fraction of sp³-hybridized carbons (Fsp3) is 0.200. The summed E-state index contributed by atoms with van der Waals surface area (Å²) in [5.74, 6) is 0. The van der Waals surface area contributed by atoms with E-state index < -0.39 is 0 Å². The molecule has 0 aliphatic heterocycles. The molecule has 0 unspecified atom stereocenters. The summed E-state index contributed by atoms with van der Waals surface area (Å²) in [7, 11) is 0. The largest absolute Gasteiger partial charge is 0.236 e. The van der Waals surface area contributed by atoms with E-state index in [1.165, 1.54) is 16.0 Å². The van der Waals surface area contributed by atoms with Gasteiger partial charge in [0.1, 0.15) is 0 Å². The zero-order valence-corrected chi connectivity index (χ0v) is 6.02. The van der Waals surface area contributed by atoms with Crippen LogP contribution in [0.15, 0.2) is 18.2 Å². The summed E-state index contributed by atoms with van der Waals surface area (Å²) >= 11 is 0. The summed E-state index contributed by atoms with van der Waals surface area (Å²) in [5.41, 5.74) is 4.62. The van der Waals surface area contributed by atoms with Gasteiger partial charge in [-0.15, -0.1) is 28.6 Å². The van der Waals surface area contributed by atoms with Crippen LogP contribution in [-0.4, -0.2) is 0 Å². The third kappa shape index (κ3) is 0.600. The number of hydrogen-bond donors (Lipinski definition) is 0. The molecule has 10 heavy (non-hydrogen) atoms. The maximum absolute atomic E-state index is 3.17. The van der Waals surface area contributed by atoms with Gasteiger partial charge in [0.2, 0.25) is 0 Å². The predicted molar refractivity (Wildman–Crippen MR) is 43.1 cm³/mol. The Balaban J connectivity index is 2.85. The third-order valence-electron chi connectivity index (χ3n) is 1.96. The highest BCUT2D eigenvalue weighted by Crippen LogP contribution is 1.91. The molecule has 0 fully saturated rings. The van der Waals surface area contributed by atoms with Crippen molar-refractivity contribution in [2.24, 2.45) is 0 Å². The van der Waals surface area contributed by atoms with Crippen LogP contribution in [0.3, 0.4) is 0 Å². The smallest absolute Gasteiger partial charge is 0.0701 e. The zero-order valence-electron chi connectivity index (χ0n) is 6.02. The van der Waals surface area contributed by atoms with Crippen molar-refractivity contribution >= 4 is 11.8 Å². The van der Waals surface area contributed by atoms with E-state index in [1.807, 2.05) is 6.08 Å². The summed E-state index contributed by atoms with van der Waals surface area (Å²) < 4.78 is 0. The van der Waals surface area contributed by atoms with Gasteiger partial charge in [-0.05, 0) is 0 Å². The maximum Gasteiger partial charge on any atom is -0.0701 e. The summed E-state index contributed by atoms with van der Waals surface area (Å²) in [6.07, 6.45) is 5.25. The first-order chi connectivity index (χ1) is 4.92. The van der Waals surface area contributed by atoms with Gasteiger partial charge in [0.05, 0.1) is 0 Å². The van der Waals surface area contributed by atoms with Crippen LogP contribution in [0.4, 0.5) is 0 Å². The Hall–Kier alpha value is -1.13. The van der Waals surface area contributed by atoms with E-state index in [9.17, 15) is 0 Å². The molecule has 0 nitrogen and oxygen atoms in total. The molecule has 0 N–H and O–H groups in total. The van der Waals surface area contributed by atoms with Gasteiger partial charge in [-0.1, -0.05) is 19.4 Å². The monoisotopic (exact) mass is 129 g/mol. The Labute approximate surface area is 60.2 Å². The first-order valence-corrected chi connectivity index (χ1v) is 3.63. The quantitative estimate of drug-likeness (QED) is 0.490. The fourth-order valence-electron chi connectivity index (χ4n) is 1.38. The molecule has 50 valence electrons. The van der Waals surface area contributed by atoms with Crippen LogP contribution in [0.1, 0.15) is 12.5 Å². The van der Waals surface area contributed by atoms with Crippen LogP contribution in [0.2, 0.25) is 0 Å². The summed E-state index contributed by atoms with van der Waals surface area (Å²) in [6.45, 7) is 2.18. The molecular weight excluding hydrogens is 120 g/mol. The first kappa shape index (κ1) is 5.64. The lowest BCUT2D eigenvalue weighted by atomic mass is 10.2. The molecule has 1 aliphatic carbocycles. The van der Waals surface area contributed by atoms with Gasteiger partial charge in [-0.25, -0.2) is 5.73 Å².